The Bertz CT molecular complexity index is 311. The SMILES string of the molecule is CCN1CCC(CNC(=O)C2(CN)CCCCCC2)C1. The number of hydrogen-bond acceptors (Lipinski definition) is 3. The normalized spacial score (nSPS) is 27.2. The van der Waals surface area contributed by atoms with E-state index in [4.69, 9.17) is 5.73 Å². The van der Waals surface area contributed by atoms with Gasteiger partial charge in [0.15, 0.2) is 0 Å². The number of carbonyl (C=O) groups excluding carboxylic acids is 1. The number of nitrogens with two attached hydrogens (primary N) is 1. The molecule has 116 valence electrons. The predicted molar refractivity (Wildman–Crippen MR) is 82.4 cm³/mol. The van der Waals surface area contributed by atoms with E-state index >= 15 is 0 Å². The van der Waals surface area contributed by atoms with Gasteiger partial charge in [0.2, 0.25) is 5.91 Å². The molecule has 1 aliphatic carbocycles. The Kier molecular flexibility index (Phi) is 5.85. The van der Waals surface area contributed by atoms with Crippen molar-refractivity contribution in [1.29, 1.82) is 0 Å². The minimum atomic E-state index is -0.278. The molecule has 0 bridgehead atoms. The van der Waals surface area contributed by atoms with Crippen molar-refractivity contribution >= 4 is 5.91 Å². The first-order chi connectivity index (χ1) is 9.70. The summed E-state index contributed by atoms with van der Waals surface area (Å²) in [5.41, 5.74) is 5.69. The first kappa shape index (κ1) is 15.8. The van der Waals surface area contributed by atoms with Crippen molar-refractivity contribution in [3.63, 3.8) is 0 Å². The molecular formula is C16H31N3O. The van der Waals surface area contributed by atoms with Gasteiger partial charge in [-0.2, -0.15) is 0 Å². The summed E-state index contributed by atoms with van der Waals surface area (Å²) in [4.78, 5) is 15.1. The van der Waals surface area contributed by atoms with E-state index in [9.17, 15) is 4.79 Å². The fourth-order valence-electron chi connectivity index (χ4n) is 3.72. The van der Waals surface area contributed by atoms with Crippen LogP contribution in [0.1, 0.15) is 51.9 Å². The van der Waals surface area contributed by atoms with Gasteiger partial charge in [-0.25, -0.2) is 0 Å². The molecule has 1 unspecified atom stereocenters. The highest BCUT2D eigenvalue weighted by molar-refractivity contribution is 5.82. The van der Waals surface area contributed by atoms with Gasteiger partial charge < -0.3 is 16.0 Å². The summed E-state index contributed by atoms with van der Waals surface area (Å²) in [7, 11) is 0. The molecule has 0 radical (unpaired) electrons. The maximum atomic E-state index is 12.6. The molecule has 1 saturated heterocycles. The van der Waals surface area contributed by atoms with E-state index < -0.39 is 0 Å². The van der Waals surface area contributed by atoms with E-state index in [-0.39, 0.29) is 11.3 Å². The second-order valence-corrected chi connectivity index (χ2v) is 6.66. The topological polar surface area (TPSA) is 58.4 Å². The van der Waals surface area contributed by atoms with Crippen LogP contribution in [0.25, 0.3) is 0 Å². The second kappa shape index (κ2) is 7.41. The van der Waals surface area contributed by atoms with Crippen molar-refractivity contribution in [2.24, 2.45) is 17.1 Å². The molecule has 0 aromatic carbocycles. The molecule has 1 atom stereocenters. The van der Waals surface area contributed by atoms with E-state index in [1.165, 1.54) is 25.8 Å². The van der Waals surface area contributed by atoms with Crippen molar-refractivity contribution in [1.82, 2.24) is 10.2 Å². The summed E-state index contributed by atoms with van der Waals surface area (Å²) in [5, 5.41) is 3.21. The summed E-state index contributed by atoms with van der Waals surface area (Å²) < 4.78 is 0. The summed E-state index contributed by atoms with van der Waals surface area (Å²) in [5.74, 6) is 0.844. The van der Waals surface area contributed by atoms with Gasteiger partial charge in [0.25, 0.3) is 0 Å². The van der Waals surface area contributed by atoms with Gasteiger partial charge in [0, 0.05) is 19.6 Å². The summed E-state index contributed by atoms with van der Waals surface area (Å²) in [6.07, 6.45) is 7.97. The number of likely N-dealkylation sites (tertiary alicyclic amines) is 1. The van der Waals surface area contributed by atoms with Crippen molar-refractivity contribution in [2.75, 3.05) is 32.7 Å². The monoisotopic (exact) mass is 281 g/mol. The molecule has 20 heavy (non-hydrogen) atoms. The molecule has 1 saturated carbocycles. The summed E-state index contributed by atoms with van der Waals surface area (Å²) in [6.45, 7) is 6.97. The van der Waals surface area contributed by atoms with Gasteiger partial charge in [-0.3, -0.25) is 4.79 Å². The summed E-state index contributed by atoms with van der Waals surface area (Å²) in [6, 6.07) is 0. The third-order valence-electron chi connectivity index (χ3n) is 5.30. The average Bonchev–Trinajstić information content (AvgIpc) is 2.80. The zero-order valence-corrected chi connectivity index (χ0v) is 13.0. The lowest BCUT2D eigenvalue weighted by Gasteiger charge is -2.30. The van der Waals surface area contributed by atoms with Crippen LogP contribution < -0.4 is 11.1 Å². The average molecular weight is 281 g/mol. The Labute approximate surface area is 123 Å². The van der Waals surface area contributed by atoms with E-state index in [1.54, 1.807) is 0 Å². The van der Waals surface area contributed by atoms with Crippen molar-refractivity contribution in [3.8, 4) is 0 Å². The zero-order chi connectivity index (χ0) is 14.4. The molecule has 2 fully saturated rings. The van der Waals surface area contributed by atoms with Crippen LogP contribution in [0.2, 0.25) is 0 Å². The highest BCUT2D eigenvalue weighted by Gasteiger charge is 2.37. The standard InChI is InChI=1S/C16H31N3O/c1-2-19-10-7-14(12-19)11-18-15(20)16(13-17)8-5-3-4-6-9-16/h14H,2-13,17H2,1H3,(H,18,20). The fraction of sp³-hybridized carbons (Fsp3) is 0.938. The maximum Gasteiger partial charge on any atom is 0.227 e. The van der Waals surface area contributed by atoms with Crippen molar-refractivity contribution < 1.29 is 4.79 Å². The number of amides is 1. The number of nitrogens with one attached hydrogen (secondary N) is 1. The van der Waals surface area contributed by atoms with Crippen LogP contribution in [0.15, 0.2) is 0 Å². The van der Waals surface area contributed by atoms with Gasteiger partial charge in [-0.1, -0.05) is 32.6 Å². The zero-order valence-electron chi connectivity index (χ0n) is 13.0. The van der Waals surface area contributed by atoms with E-state index in [1.807, 2.05) is 0 Å². The largest absolute Gasteiger partial charge is 0.355 e. The van der Waals surface area contributed by atoms with E-state index in [0.717, 1.165) is 45.3 Å². The lowest BCUT2D eigenvalue weighted by Crippen LogP contribution is -2.47. The van der Waals surface area contributed by atoms with Crippen LogP contribution in [0.3, 0.4) is 0 Å². The smallest absolute Gasteiger partial charge is 0.227 e. The number of carbonyl (C=O) groups is 1. The van der Waals surface area contributed by atoms with Gasteiger partial charge in [-0.15, -0.1) is 0 Å². The first-order valence-electron chi connectivity index (χ1n) is 8.41. The van der Waals surface area contributed by atoms with Crippen molar-refractivity contribution in [3.05, 3.63) is 0 Å². The fourth-order valence-corrected chi connectivity index (χ4v) is 3.72. The molecule has 0 spiro atoms. The Hall–Kier alpha value is -0.610. The van der Waals surface area contributed by atoms with Crippen LogP contribution in [0, 0.1) is 11.3 Å². The van der Waals surface area contributed by atoms with Crippen LogP contribution in [-0.2, 0) is 4.79 Å². The number of rotatable bonds is 5. The lowest BCUT2D eigenvalue weighted by atomic mass is 9.79. The van der Waals surface area contributed by atoms with E-state index in [0.29, 0.717) is 12.5 Å². The minimum Gasteiger partial charge on any atom is -0.355 e. The molecule has 0 aromatic rings. The Morgan fingerprint density at radius 3 is 2.55 bits per heavy atom. The second-order valence-electron chi connectivity index (χ2n) is 6.66. The van der Waals surface area contributed by atoms with Gasteiger partial charge >= 0.3 is 0 Å². The molecule has 1 heterocycles. The molecular weight excluding hydrogens is 250 g/mol. The Morgan fingerprint density at radius 2 is 2.00 bits per heavy atom. The highest BCUT2D eigenvalue weighted by Crippen LogP contribution is 2.34. The lowest BCUT2D eigenvalue weighted by molar-refractivity contribution is -0.131. The van der Waals surface area contributed by atoms with Crippen LogP contribution >= 0.6 is 0 Å². The van der Waals surface area contributed by atoms with Crippen LogP contribution in [0.4, 0.5) is 0 Å². The van der Waals surface area contributed by atoms with Crippen LogP contribution in [-0.4, -0.2) is 43.5 Å². The number of nitrogens with zero attached hydrogens (tertiary/aromatic N) is 1. The first-order valence-corrected chi connectivity index (χ1v) is 8.41. The predicted octanol–water partition coefficient (Wildman–Crippen LogP) is 1.74. The maximum absolute atomic E-state index is 12.6. The molecule has 1 amide bonds. The molecule has 4 heteroatoms. The highest BCUT2D eigenvalue weighted by atomic mass is 16.2. The molecule has 2 rings (SSSR count). The van der Waals surface area contributed by atoms with Gasteiger partial charge in [0.1, 0.15) is 0 Å². The van der Waals surface area contributed by atoms with Gasteiger partial charge in [0.05, 0.1) is 5.41 Å². The minimum absolute atomic E-state index is 0.219. The molecule has 1 aliphatic heterocycles. The third kappa shape index (κ3) is 3.73. The molecule has 4 nitrogen and oxygen atoms in total. The summed E-state index contributed by atoms with van der Waals surface area (Å²) >= 11 is 0. The molecule has 0 aromatic heterocycles. The molecule has 2 aliphatic rings. The van der Waals surface area contributed by atoms with E-state index in [2.05, 4.69) is 17.1 Å². The van der Waals surface area contributed by atoms with Gasteiger partial charge in [-0.05, 0) is 38.3 Å². The molecule has 3 N–H and O–H groups in total. The quantitative estimate of drug-likeness (QED) is 0.755. The Balaban J connectivity index is 1.83. The van der Waals surface area contributed by atoms with Crippen molar-refractivity contribution in [2.45, 2.75) is 51.9 Å². The van der Waals surface area contributed by atoms with Crippen LogP contribution in [0.5, 0.6) is 0 Å². The third-order valence-corrected chi connectivity index (χ3v) is 5.30. The number of hydrogen-bond donors (Lipinski definition) is 2. The Morgan fingerprint density at radius 1 is 1.30 bits per heavy atom.